The maximum Gasteiger partial charge on any atom is 0.168 e. The van der Waals surface area contributed by atoms with Crippen molar-refractivity contribution < 1.29 is 9.13 Å². The first-order valence-corrected chi connectivity index (χ1v) is 5.32. The fourth-order valence-corrected chi connectivity index (χ4v) is 1.79. The lowest BCUT2D eigenvalue weighted by atomic mass is 9.95. The SMILES string of the molecule is COC(N)(c1ccccc1)c1ccc(F)cc1. The van der Waals surface area contributed by atoms with Crippen molar-refractivity contribution in [1.29, 1.82) is 0 Å². The predicted octanol–water partition coefficient (Wildman–Crippen LogP) is 2.63. The minimum absolute atomic E-state index is 0.291. The van der Waals surface area contributed by atoms with Crippen LogP contribution >= 0.6 is 0 Å². The molecule has 2 N–H and O–H groups in total. The summed E-state index contributed by atoms with van der Waals surface area (Å²) in [6.45, 7) is 0. The van der Waals surface area contributed by atoms with E-state index in [0.717, 1.165) is 5.56 Å². The first-order chi connectivity index (χ1) is 8.16. The smallest absolute Gasteiger partial charge is 0.168 e. The number of ether oxygens (including phenoxy) is 1. The first-order valence-electron chi connectivity index (χ1n) is 5.32. The van der Waals surface area contributed by atoms with Crippen LogP contribution in [-0.4, -0.2) is 7.11 Å². The maximum atomic E-state index is 12.9. The van der Waals surface area contributed by atoms with Gasteiger partial charge >= 0.3 is 0 Å². The molecule has 0 radical (unpaired) electrons. The molecule has 3 heteroatoms. The van der Waals surface area contributed by atoms with E-state index in [1.54, 1.807) is 12.1 Å². The number of hydrogen-bond acceptors (Lipinski definition) is 2. The highest BCUT2D eigenvalue weighted by Gasteiger charge is 2.28. The summed E-state index contributed by atoms with van der Waals surface area (Å²) in [5, 5.41) is 0. The third-order valence-electron chi connectivity index (χ3n) is 2.80. The molecule has 0 amide bonds. The second-order valence-corrected chi connectivity index (χ2v) is 3.81. The van der Waals surface area contributed by atoms with E-state index < -0.39 is 5.72 Å². The predicted molar refractivity (Wildman–Crippen MR) is 64.8 cm³/mol. The van der Waals surface area contributed by atoms with Gasteiger partial charge in [0.05, 0.1) is 0 Å². The molecule has 0 aliphatic rings. The molecule has 2 aromatic rings. The van der Waals surface area contributed by atoms with Crippen LogP contribution in [0, 0.1) is 5.82 Å². The largest absolute Gasteiger partial charge is 0.355 e. The zero-order chi connectivity index (χ0) is 12.3. The normalized spacial score (nSPS) is 14.3. The average molecular weight is 231 g/mol. The van der Waals surface area contributed by atoms with E-state index in [1.807, 2.05) is 30.3 Å². The van der Waals surface area contributed by atoms with Crippen LogP contribution in [0.1, 0.15) is 11.1 Å². The van der Waals surface area contributed by atoms with Gasteiger partial charge in [-0.3, -0.25) is 5.73 Å². The number of nitrogens with two attached hydrogens (primary N) is 1. The Hall–Kier alpha value is -1.71. The van der Waals surface area contributed by atoms with Crippen LogP contribution in [-0.2, 0) is 10.5 Å². The van der Waals surface area contributed by atoms with Gasteiger partial charge in [0.25, 0.3) is 0 Å². The molecule has 1 atom stereocenters. The lowest BCUT2D eigenvalue weighted by molar-refractivity contribution is 0.0277. The van der Waals surface area contributed by atoms with Gasteiger partial charge in [-0.1, -0.05) is 42.5 Å². The second kappa shape index (κ2) is 4.65. The van der Waals surface area contributed by atoms with Gasteiger partial charge in [-0.15, -0.1) is 0 Å². The van der Waals surface area contributed by atoms with Crippen LogP contribution in [0.25, 0.3) is 0 Å². The minimum atomic E-state index is -1.05. The van der Waals surface area contributed by atoms with Gasteiger partial charge in [0, 0.05) is 18.2 Å². The Bertz CT molecular complexity index is 483. The third kappa shape index (κ3) is 2.20. The van der Waals surface area contributed by atoms with E-state index in [4.69, 9.17) is 10.5 Å². The molecule has 0 aliphatic heterocycles. The van der Waals surface area contributed by atoms with Gasteiger partial charge in [0.1, 0.15) is 5.82 Å². The van der Waals surface area contributed by atoms with E-state index >= 15 is 0 Å². The van der Waals surface area contributed by atoms with Crippen LogP contribution in [0.3, 0.4) is 0 Å². The molecule has 0 aromatic heterocycles. The Morgan fingerprint density at radius 2 is 1.47 bits per heavy atom. The summed E-state index contributed by atoms with van der Waals surface area (Å²) >= 11 is 0. The van der Waals surface area contributed by atoms with Gasteiger partial charge in [-0.05, 0) is 12.1 Å². The zero-order valence-electron chi connectivity index (χ0n) is 9.56. The Morgan fingerprint density at radius 1 is 0.941 bits per heavy atom. The van der Waals surface area contributed by atoms with Crippen molar-refractivity contribution in [1.82, 2.24) is 0 Å². The third-order valence-corrected chi connectivity index (χ3v) is 2.80. The summed E-state index contributed by atoms with van der Waals surface area (Å²) in [5.74, 6) is -0.291. The molecule has 2 rings (SSSR count). The summed E-state index contributed by atoms with van der Waals surface area (Å²) < 4.78 is 18.3. The van der Waals surface area contributed by atoms with Gasteiger partial charge in [-0.25, -0.2) is 4.39 Å². The molecule has 1 unspecified atom stereocenters. The lowest BCUT2D eigenvalue weighted by Crippen LogP contribution is -2.39. The summed E-state index contributed by atoms with van der Waals surface area (Å²) in [6, 6.07) is 15.5. The maximum absolute atomic E-state index is 12.9. The number of methoxy groups -OCH3 is 1. The Kier molecular flexibility index (Phi) is 3.22. The molecule has 0 spiro atoms. The van der Waals surface area contributed by atoms with Crippen molar-refractivity contribution in [2.75, 3.05) is 7.11 Å². The molecule has 88 valence electrons. The van der Waals surface area contributed by atoms with Gasteiger partial charge < -0.3 is 4.74 Å². The number of hydrogen-bond donors (Lipinski definition) is 1. The summed E-state index contributed by atoms with van der Waals surface area (Å²) in [4.78, 5) is 0. The van der Waals surface area contributed by atoms with Crippen LogP contribution in [0.2, 0.25) is 0 Å². The quantitative estimate of drug-likeness (QED) is 0.824. The lowest BCUT2D eigenvalue weighted by Gasteiger charge is -2.28. The van der Waals surface area contributed by atoms with Crippen LogP contribution in [0.15, 0.2) is 54.6 Å². The molecule has 0 bridgehead atoms. The molecule has 0 saturated heterocycles. The van der Waals surface area contributed by atoms with Gasteiger partial charge in [0.2, 0.25) is 0 Å². The van der Waals surface area contributed by atoms with Gasteiger partial charge in [-0.2, -0.15) is 0 Å². The highest BCUT2D eigenvalue weighted by Crippen LogP contribution is 2.27. The highest BCUT2D eigenvalue weighted by molar-refractivity contribution is 5.35. The Balaban J connectivity index is 2.48. The van der Waals surface area contributed by atoms with Crippen molar-refractivity contribution in [2.45, 2.75) is 5.72 Å². The van der Waals surface area contributed by atoms with Crippen molar-refractivity contribution in [3.63, 3.8) is 0 Å². The van der Waals surface area contributed by atoms with E-state index in [9.17, 15) is 4.39 Å². The summed E-state index contributed by atoms with van der Waals surface area (Å²) in [6.07, 6.45) is 0. The van der Waals surface area contributed by atoms with Crippen molar-refractivity contribution in [3.8, 4) is 0 Å². The Morgan fingerprint density at radius 3 is 2.00 bits per heavy atom. The van der Waals surface area contributed by atoms with E-state index in [1.165, 1.54) is 19.2 Å². The summed E-state index contributed by atoms with van der Waals surface area (Å²) in [5.41, 5.74) is 6.74. The van der Waals surface area contributed by atoms with Crippen molar-refractivity contribution >= 4 is 0 Å². The fraction of sp³-hybridized carbons (Fsp3) is 0.143. The molecule has 17 heavy (non-hydrogen) atoms. The first kappa shape index (κ1) is 11.8. The average Bonchev–Trinajstić information content (AvgIpc) is 2.40. The standard InChI is InChI=1S/C14H14FNO/c1-17-14(16,11-5-3-2-4-6-11)12-7-9-13(15)10-8-12/h2-10H,16H2,1H3. The number of benzene rings is 2. The number of rotatable bonds is 3. The Labute approximate surface area is 99.8 Å². The minimum Gasteiger partial charge on any atom is -0.355 e. The number of halogens is 1. The van der Waals surface area contributed by atoms with Crippen molar-refractivity contribution in [3.05, 3.63) is 71.5 Å². The zero-order valence-corrected chi connectivity index (χ0v) is 9.56. The molecule has 2 aromatic carbocycles. The summed E-state index contributed by atoms with van der Waals surface area (Å²) in [7, 11) is 1.54. The van der Waals surface area contributed by atoms with E-state index in [2.05, 4.69) is 0 Å². The molecular formula is C14H14FNO. The molecule has 0 fully saturated rings. The fourth-order valence-electron chi connectivity index (χ4n) is 1.79. The van der Waals surface area contributed by atoms with Crippen molar-refractivity contribution in [2.24, 2.45) is 5.73 Å². The molecule has 0 aliphatic carbocycles. The molecule has 0 heterocycles. The van der Waals surface area contributed by atoms with Crippen LogP contribution < -0.4 is 5.73 Å². The second-order valence-electron chi connectivity index (χ2n) is 3.81. The topological polar surface area (TPSA) is 35.2 Å². The molecule has 2 nitrogen and oxygen atoms in total. The highest BCUT2D eigenvalue weighted by atomic mass is 19.1. The van der Waals surface area contributed by atoms with E-state index in [-0.39, 0.29) is 5.82 Å². The monoisotopic (exact) mass is 231 g/mol. The van der Waals surface area contributed by atoms with Gasteiger partial charge in [0.15, 0.2) is 5.72 Å². The van der Waals surface area contributed by atoms with E-state index in [0.29, 0.717) is 5.56 Å². The van der Waals surface area contributed by atoms with Crippen LogP contribution in [0.5, 0.6) is 0 Å². The molecular weight excluding hydrogens is 217 g/mol. The van der Waals surface area contributed by atoms with Crippen LogP contribution in [0.4, 0.5) is 4.39 Å². The molecule has 0 saturated carbocycles.